The molecule has 3 aromatic rings. The van der Waals surface area contributed by atoms with Gasteiger partial charge in [0.1, 0.15) is 5.75 Å². The topological polar surface area (TPSA) is 38.8 Å². The zero-order chi connectivity index (χ0) is 21.0. The zero-order valence-corrected chi connectivity index (χ0v) is 17.5. The SMILES string of the molecule is COc1ccc(CCN(Cc2ccccc2)C(=O)OCCCc2ccccc2)cc1. The molecule has 4 heteroatoms. The van der Waals surface area contributed by atoms with E-state index in [9.17, 15) is 4.79 Å². The smallest absolute Gasteiger partial charge is 0.410 e. The molecule has 0 spiro atoms. The van der Waals surface area contributed by atoms with Gasteiger partial charge in [-0.05, 0) is 48.1 Å². The predicted octanol–water partition coefficient (Wildman–Crippen LogP) is 5.51. The second kappa shape index (κ2) is 11.7. The van der Waals surface area contributed by atoms with E-state index in [0.29, 0.717) is 19.7 Å². The molecule has 0 heterocycles. The fraction of sp³-hybridized carbons (Fsp3) is 0.269. The first-order chi connectivity index (χ1) is 14.7. The number of ether oxygens (including phenoxy) is 2. The van der Waals surface area contributed by atoms with Crippen molar-refractivity contribution in [3.63, 3.8) is 0 Å². The number of carbonyl (C=O) groups excluding carboxylic acids is 1. The molecule has 0 saturated carbocycles. The Hall–Kier alpha value is -3.27. The van der Waals surface area contributed by atoms with E-state index in [-0.39, 0.29) is 6.09 Å². The number of methoxy groups -OCH3 is 1. The first-order valence-corrected chi connectivity index (χ1v) is 10.4. The molecule has 3 aromatic carbocycles. The van der Waals surface area contributed by atoms with Gasteiger partial charge in [-0.2, -0.15) is 0 Å². The minimum atomic E-state index is -0.263. The highest BCUT2D eigenvalue weighted by atomic mass is 16.6. The third-order valence-electron chi connectivity index (χ3n) is 4.98. The van der Waals surface area contributed by atoms with Crippen molar-refractivity contribution in [2.45, 2.75) is 25.8 Å². The lowest BCUT2D eigenvalue weighted by atomic mass is 10.1. The maximum atomic E-state index is 12.8. The molecule has 0 unspecified atom stereocenters. The summed E-state index contributed by atoms with van der Waals surface area (Å²) in [6, 6.07) is 28.2. The fourth-order valence-electron chi connectivity index (χ4n) is 3.27. The summed E-state index contributed by atoms with van der Waals surface area (Å²) in [6.45, 7) is 1.55. The molecule has 4 nitrogen and oxygen atoms in total. The quantitative estimate of drug-likeness (QED) is 0.419. The summed E-state index contributed by atoms with van der Waals surface area (Å²) < 4.78 is 10.8. The molecule has 0 atom stereocenters. The van der Waals surface area contributed by atoms with E-state index in [1.807, 2.05) is 72.8 Å². The minimum Gasteiger partial charge on any atom is -0.497 e. The monoisotopic (exact) mass is 403 g/mol. The van der Waals surface area contributed by atoms with Gasteiger partial charge in [-0.25, -0.2) is 4.79 Å². The van der Waals surface area contributed by atoms with Crippen LogP contribution < -0.4 is 4.74 Å². The fourth-order valence-corrected chi connectivity index (χ4v) is 3.27. The van der Waals surface area contributed by atoms with Crippen molar-refractivity contribution in [1.29, 1.82) is 0 Å². The lowest BCUT2D eigenvalue weighted by Crippen LogP contribution is -2.33. The van der Waals surface area contributed by atoms with Gasteiger partial charge in [0, 0.05) is 13.1 Å². The summed E-state index contributed by atoms with van der Waals surface area (Å²) in [5.74, 6) is 0.831. The molecule has 0 aliphatic rings. The number of benzene rings is 3. The van der Waals surface area contributed by atoms with Crippen LogP contribution in [0, 0.1) is 0 Å². The molecule has 0 radical (unpaired) electrons. The molecule has 1 amide bonds. The summed E-state index contributed by atoms with van der Waals surface area (Å²) in [4.78, 5) is 14.5. The number of carbonyl (C=O) groups is 1. The number of hydrogen-bond donors (Lipinski definition) is 0. The van der Waals surface area contributed by atoms with Crippen LogP contribution in [0.2, 0.25) is 0 Å². The van der Waals surface area contributed by atoms with Crippen LogP contribution in [0.3, 0.4) is 0 Å². The van der Waals surface area contributed by atoms with Crippen LogP contribution in [0.5, 0.6) is 5.75 Å². The van der Waals surface area contributed by atoms with Crippen LogP contribution in [-0.2, 0) is 24.1 Å². The van der Waals surface area contributed by atoms with Crippen LogP contribution in [0.25, 0.3) is 0 Å². The van der Waals surface area contributed by atoms with Gasteiger partial charge in [-0.1, -0.05) is 72.8 Å². The highest BCUT2D eigenvalue weighted by molar-refractivity contribution is 5.67. The van der Waals surface area contributed by atoms with E-state index < -0.39 is 0 Å². The standard InChI is InChI=1S/C26H29NO3/c1-29-25-16-14-23(15-17-25)18-19-27(21-24-11-6-3-7-12-24)26(28)30-20-8-13-22-9-4-2-5-10-22/h2-7,9-12,14-17H,8,13,18-21H2,1H3. The average Bonchev–Trinajstić information content (AvgIpc) is 2.81. The largest absolute Gasteiger partial charge is 0.497 e. The van der Waals surface area contributed by atoms with Gasteiger partial charge < -0.3 is 14.4 Å². The van der Waals surface area contributed by atoms with E-state index in [0.717, 1.165) is 36.1 Å². The molecule has 30 heavy (non-hydrogen) atoms. The van der Waals surface area contributed by atoms with Crippen molar-refractivity contribution in [2.75, 3.05) is 20.3 Å². The molecular formula is C26H29NO3. The van der Waals surface area contributed by atoms with E-state index >= 15 is 0 Å². The zero-order valence-electron chi connectivity index (χ0n) is 17.5. The molecule has 156 valence electrons. The van der Waals surface area contributed by atoms with Gasteiger partial charge in [-0.3, -0.25) is 0 Å². The first kappa shape index (κ1) is 21.4. The first-order valence-electron chi connectivity index (χ1n) is 10.4. The third kappa shape index (κ3) is 6.96. The third-order valence-corrected chi connectivity index (χ3v) is 4.98. The average molecular weight is 404 g/mol. The van der Waals surface area contributed by atoms with E-state index in [4.69, 9.17) is 9.47 Å². The van der Waals surface area contributed by atoms with Crippen LogP contribution >= 0.6 is 0 Å². The number of amides is 1. The Morgan fingerprint density at radius 1 is 0.767 bits per heavy atom. The molecule has 0 N–H and O–H groups in total. The number of nitrogens with zero attached hydrogens (tertiary/aromatic N) is 1. The van der Waals surface area contributed by atoms with Crippen LogP contribution in [0.1, 0.15) is 23.1 Å². The van der Waals surface area contributed by atoms with E-state index in [1.165, 1.54) is 5.56 Å². The van der Waals surface area contributed by atoms with Crippen molar-refractivity contribution < 1.29 is 14.3 Å². The highest BCUT2D eigenvalue weighted by Crippen LogP contribution is 2.14. The molecule has 0 fully saturated rings. The van der Waals surface area contributed by atoms with Gasteiger partial charge in [-0.15, -0.1) is 0 Å². The van der Waals surface area contributed by atoms with Crippen molar-refractivity contribution in [3.8, 4) is 5.75 Å². The minimum absolute atomic E-state index is 0.263. The molecular weight excluding hydrogens is 374 g/mol. The Labute approximate surface area is 179 Å². The maximum Gasteiger partial charge on any atom is 0.410 e. The predicted molar refractivity (Wildman–Crippen MR) is 120 cm³/mol. The van der Waals surface area contributed by atoms with Crippen LogP contribution in [0.4, 0.5) is 4.79 Å². The number of hydrogen-bond acceptors (Lipinski definition) is 3. The van der Waals surface area contributed by atoms with Crippen molar-refractivity contribution in [1.82, 2.24) is 4.90 Å². The van der Waals surface area contributed by atoms with Crippen molar-refractivity contribution in [2.24, 2.45) is 0 Å². The summed E-state index contributed by atoms with van der Waals surface area (Å²) in [7, 11) is 1.66. The maximum absolute atomic E-state index is 12.8. The molecule has 3 rings (SSSR count). The van der Waals surface area contributed by atoms with Gasteiger partial charge in [0.25, 0.3) is 0 Å². The molecule has 0 saturated heterocycles. The van der Waals surface area contributed by atoms with Gasteiger partial charge in [0.2, 0.25) is 0 Å². The molecule has 0 aliphatic heterocycles. The highest BCUT2D eigenvalue weighted by Gasteiger charge is 2.15. The second-order valence-corrected chi connectivity index (χ2v) is 7.21. The van der Waals surface area contributed by atoms with Crippen LogP contribution in [-0.4, -0.2) is 31.3 Å². The Morgan fingerprint density at radius 2 is 1.37 bits per heavy atom. The van der Waals surface area contributed by atoms with Crippen molar-refractivity contribution >= 4 is 6.09 Å². The van der Waals surface area contributed by atoms with Crippen LogP contribution in [0.15, 0.2) is 84.9 Å². The Morgan fingerprint density at radius 3 is 2.00 bits per heavy atom. The van der Waals surface area contributed by atoms with Crippen molar-refractivity contribution in [3.05, 3.63) is 102 Å². The lowest BCUT2D eigenvalue weighted by Gasteiger charge is -2.22. The normalized spacial score (nSPS) is 10.4. The van der Waals surface area contributed by atoms with E-state index in [2.05, 4.69) is 12.1 Å². The summed E-state index contributed by atoms with van der Waals surface area (Å²) in [5.41, 5.74) is 3.51. The summed E-state index contributed by atoms with van der Waals surface area (Å²) in [6.07, 6.45) is 2.21. The summed E-state index contributed by atoms with van der Waals surface area (Å²) in [5, 5.41) is 0. The van der Waals surface area contributed by atoms with Gasteiger partial charge in [0.05, 0.1) is 13.7 Å². The molecule has 0 aromatic heterocycles. The second-order valence-electron chi connectivity index (χ2n) is 7.21. The number of rotatable bonds is 10. The lowest BCUT2D eigenvalue weighted by molar-refractivity contribution is 0.0991. The summed E-state index contributed by atoms with van der Waals surface area (Å²) >= 11 is 0. The van der Waals surface area contributed by atoms with Gasteiger partial charge >= 0.3 is 6.09 Å². The Kier molecular flexibility index (Phi) is 8.34. The molecule has 0 bridgehead atoms. The molecule has 0 aliphatic carbocycles. The Balaban J connectivity index is 1.54. The Bertz CT molecular complexity index is 879. The number of aryl methyl sites for hydroxylation is 1. The van der Waals surface area contributed by atoms with E-state index in [1.54, 1.807) is 12.0 Å². The van der Waals surface area contributed by atoms with Gasteiger partial charge in [0.15, 0.2) is 0 Å².